The van der Waals surface area contributed by atoms with Gasteiger partial charge in [0.2, 0.25) is 0 Å². The highest BCUT2D eigenvalue weighted by Gasteiger charge is 2.35. The third-order valence-electron chi connectivity index (χ3n) is 5.15. The number of sulfone groups is 1. The zero-order valence-electron chi connectivity index (χ0n) is 14.8. The summed E-state index contributed by atoms with van der Waals surface area (Å²) in [5, 5.41) is 0. The standard InChI is InChI=1S/C18H27NO4S2/c1-23-10-9-19(15-8-11-25(21,22)13-15)18(20)17-12-14-6-4-2-3-5-7-16(14)24-17/h12,15H,2-11,13H2,1H3/t15-/m1/s1. The third-order valence-corrected chi connectivity index (χ3v) is 8.13. The van der Waals surface area contributed by atoms with Gasteiger partial charge in [-0.05, 0) is 43.7 Å². The van der Waals surface area contributed by atoms with E-state index in [0.29, 0.717) is 19.6 Å². The molecule has 140 valence electrons. The number of fused-ring (bicyclic) bond motifs is 1. The van der Waals surface area contributed by atoms with Crippen LogP contribution in [0.4, 0.5) is 0 Å². The predicted molar refractivity (Wildman–Crippen MR) is 100 cm³/mol. The van der Waals surface area contributed by atoms with Crippen molar-refractivity contribution in [1.29, 1.82) is 0 Å². The molecule has 2 aliphatic rings. The molecule has 1 aliphatic carbocycles. The Morgan fingerprint density at radius 3 is 2.72 bits per heavy atom. The zero-order valence-corrected chi connectivity index (χ0v) is 16.5. The second kappa shape index (κ2) is 8.18. The van der Waals surface area contributed by atoms with Crippen LogP contribution in [0.3, 0.4) is 0 Å². The molecule has 25 heavy (non-hydrogen) atoms. The number of methoxy groups -OCH3 is 1. The molecule has 1 aromatic rings. The number of carbonyl (C=O) groups is 1. The molecule has 1 fully saturated rings. The highest BCUT2D eigenvalue weighted by Crippen LogP contribution is 2.30. The van der Waals surface area contributed by atoms with E-state index < -0.39 is 9.84 Å². The summed E-state index contributed by atoms with van der Waals surface area (Å²) >= 11 is 1.61. The Morgan fingerprint density at radius 1 is 1.28 bits per heavy atom. The van der Waals surface area contributed by atoms with E-state index in [1.54, 1.807) is 23.3 Å². The molecule has 2 heterocycles. The maximum absolute atomic E-state index is 13.1. The number of hydrogen-bond acceptors (Lipinski definition) is 5. The smallest absolute Gasteiger partial charge is 0.264 e. The molecule has 1 aromatic heterocycles. The maximum Gasteiger partial charge on any atom is 0.264 e. The van der Waals surface area contributed by atoms with E-state index >= 15 is 0 Å². The SMILES string of the molecule is COCCN(C(=O)c1cc2c(s1)CCCCCC2)[C@@H]1CCS(=O)(=O)C1. The van der Waals surface area contributed by atoms with Crippen LogP contribution in [0.5, 0.6) is 0 Å². The molecular formula is C18H27NO4S2. The van der Waals surface area contributed by atoms with Gasteiger partial charge in [0, 0.05) is 24.6 Å². The lowest BCUT2D eigenvalue weighted by molar-refractivity contribution is 0.0629. The molecule has 5 nitrogen and oxygen atoms in total. The van der Waals surface area contributed by atoms with Crippen LogP contribution < -0.4 is 0 Å². The lowest BCUT2D eigenvalue weighted by Gasteiger charge is -2.27. The van der Waals surface area contributed by atoms with Gasteiger partial charge in [-0.1, -0.05) is 12.8 Å². The Labute approximate surface area is 154 Å². The summed E-state index contributed by atoms with van der Waals surface area (Å²) in [6.07, 6.45) is 7.54. The minimum absolute atomic E-state index is 0.0316. The first kappa shape index (κ1) is 18.9. The van der Waals surface area contributed by atoms with E-state index in [9.17, 15) is 13.2 Å². The number of rotatable bonds is 5. The van der Waals surface area contributed by atoms with Crippen LogP contribution in [0, 0.1) is 0 Å². The van der Waals surface area contributed by atoms with Gasteiger partial charge >= 0.3 is 0 Å². The van der Waals surface area contributed by atoms with Gasteiger partial charge in [0.05, 0.1) is 23.0 Å². The molecule has 3 rings (SSSR count). The van der Waals surface area contributed by atoms with Crippen LogP contribution in [0.25, 0.3) is 0 Å². The van der Waals surface area contributed by atoms with Crippen molar-refractivity contribution in [2.75, 3.05) is 31.8 Å². The Hall–Kier alpha value is -0.920. The van der Waals surface area contributed by atoms with E-state index in [0.717, 1.165) is 17.7 Å². The van der Waals surface area contributed by atoms with Crippen molar-refractivity contribution >= 4 is 27.1 Å². The molecule has 0 bridgehead atoms. The van der Waals surface area contributed by atoms with Crippen molar-refractivity contribution < 1.29 is 17.9 Å². The zero-order chi connectivity index (χ0) is 17.9. The van der Waals surface area contributed by atoms with Gasteiger partial charge in [-0.3, -0.25) is 4.79 Å². The molecular weight excluding hydrogens is 358 g/mol. The van der Waals surface area contributed by atoms with Crippen LogP contribution in [-0.2, 0) is 27.4 Å². The average molecular weight is 386 g/mol. The number of amides is 1. The number of ether oxygens (including phenoxy) is 1. The van der Waals surface area contributed by atoms with Gasteiger partial charge in [0.15, 0.2) is 9.84 Å². The first-order valence-electron chi connectivity index (χ1n) is 9.12. The van der Waals surface area contributed by atoms with E-state index in [2.05, 4.69) is 6.07 Å². The number of aryl methyl sites for hydroxylation is 2. The maximum atomic E-state index is 13.1. The molecule has 0 radical (unpaired) electrons. The summed E-state index contributed by atoms with van der Waals surface area (Å²) in [6, 6.07) is 1.83. The van der Waals surface area contributed by atoms with Crippen molar-refractivity contribution in [3.05, 3.63) is 21.4 Å². The number of thiophene rings is 1. The first-order chi connectivity index (χ1) is 12.0. The molecule has 0 spiro atoms. The number of hydrogen-bond donors (Lipinski definition) is 0. The lowest BCUT2D eigenvalue weighted by Crippen LogP contribution is -2.42. The number of carbonyl (C=O) groups excluding carboxylic acids is 1. The predicted octanol–water partition coefficient (Wildman–Crippen LogP) is 2.68. The highest BCUT2D eigenvalue weighted by molar-refractivity contribution is 7.91. The summed E-state index contributed by atoms with van der Waals surface area (Å²) in [5.74, 6) is 0.221. The summed E-state index contributed by atoms with van der Waals surface area (Å²) in [5.41, 5.74) is 1.32. The van der Waals surface area contributed by atoms with Crippen LogP contribution in [-0.4, -0.2) is 57.0 Å². The van der Waals surface area contributed by atoms with Crippen molar-refractivity contribution in [3.63, 3.8) is 0 Å². The molecule has 1 atom stereocenters. The quantitative estimate of drug-likeness (QED) is 0.782. The van der Waals surface area contributed by atoms with E-state index in [1.165, 1.54) is 36.1 Å². The Kier molecular flexibility index (Phi) is 6.17. The number of nitrogens with zero attached hydrogens (tertiary/aromatic N) is 1. The Morgan fingerprint density at radius 2 is 2.04 bits per heavy atom. The summed E-state index contributed by atoms with van der Waals surface area (Å²) < 4.78 is 28.8. The molecule has 1 amide bonds. The minimum Gasteiger partial charge on any atom is -0.383 e. The van der Waals surface area contributed by atoms with Crippen LogP contribution in [0.1, 0.15) is 52.2 Å². The van der Waals surface area contributed by atoms with Gasteiger partial charge in [0.25, 0.3) is 5.91 Å². The fraction of sp³-hybridized carbons (Fsp3) is 0.722. The van der Waals surface area contributed by atoms with Crippen molar-refractivity contribution in [1.82, 2.24) is 4.90 Å². The summed E-state index contributed by atoms with van der Waals surface area (Å²) in [6.45, 7) is 0.867. The highest BCUT2D eigenvalue weighted by atomic mass is 32.2. The van der Waals surface area contributed by atoms with Gasteiger partial charge in [0.1, 0.15) is 0 Å². The van der Waals surface area contributed by atoms with E-state index in [1.807, 2.05) is 0 Å². The van der Waals surface area contributed by atoms with Crippen LogP contribution in [0.2, 0.25) is 0 Å². The topological polar surface area (TPSA) is 63.7 Å². The van der Waals surface area contributed by atoms with Crippen molar-refractivity contribution in [2.45, 2.75) is 51.0 Å². The molecule has 1 saturated heterocycles. The first-order valence-corrected chi connectivity index (χ1v) is 11.8. The molecule has 0 unspecified atom stereocenters. The van der Waals surface area contributed by atoms with Crippen LogP contribution in [0.15, 0.2) is 6.07 Å². The molecule has 7 heteroatoms. The second-order valence-electron chi connectivity index (χ2n) is 7.02. The third kappa shape index (κ3) is 4.63. The molecule has 0 aromatic carbocycles. The molecule has 1 aliphatic heterocycles. The minimum atomic E-state index is -3.02. The normalized spacial score (nSPS) is 22.8. The Balaban J connectivity index is 1.81. The van der Waals surface area contributed by atoms with E-state index in [-0.39, 0.29) is 23.5 Å². The second-order valence-corrected chi connectivity index (χ2v) is 10.4. The Bertz CT molecular complexity index is 685. The lowest BCUT2D eigenvalue weighted by atomic mass is 9.99. The van der Waals surface area contributed by atoms with Gasteiger partial charge in [-0.25, -0.2) is 8.42 Å². The fourth-order valence-corrected chi connectivity index (χ4v) is 6.69. The molecule has 0 saturated carbocycles. The summed E-state index contributed by atoms with van der Waals surface area (Å²) in [4.78, 5) is 17.0. The van der Waals surface area contributed by atoms with Gasteiger partial charge in [-0.15, -0.1) is 11.3 Å². The fourth-order valence-electron chi connectivity index (χ4n) is 3.75. The largest absolute Gasteiger partial charge is 0.383 e. The van der Waals surface area contributed by atoms with Crippen LogP contribution >= 0.6 is 11.3 Å². The van der Waals surface area contributed by atoms with Gasteiger partial charge < -0.3 is 9.64 Å². The summed E-state index contributed by atoms with van der Waals surface area (Å²) in [7, 11) is -1.42. The van der Waals surface area contributed by atoms with Gasteiger partial charge in [-0.2, -0.15) is 0 Å². The average Bonchev–Trinajstić information content (AvgIpc) is 3.10. The van der Waals surface area contributed by atoms with Crippen molar-refractivity contribution in [3.8, 4) is 0 Å². The monoisotopic (exact) mass is 385 g/mol. The van der Waals surface area contributed by atoms with Crippen molar-refractivity contribution in [2.24, 2.45) is 0 Å². The molecule has 0 N–H and O–H groups in total. The van der Waals surface area contributed by atoms with E-state index in [4.69, 9.17) is 4.74 Å².